The van der Waals surface area contributed by atoms with Crippen molar-refractivity contribution >= 4 is 28.5 Å². The SMILES string of the molecule is O=C(COc1cc2oc(=O)c3c(c2cc1Cl)CCC3)NCc1ccncc1. The van der Waals surface area contributed by atoms with Gasteiger partial charge in [0, 0.05) is 36.0 Å². The molecule has 4 rings (SSSR count). The van der Waals surface area contributed by atoms with Gasteiger partial charge in [0.15, 0.2) is 6.61 Å². The molecule has 0 unspecified atom stereocenters. The molecule has 138 valence electrons. The summed E-state index contributed by atoms with van der Waals surface area (Å²) in [6, 6.07) is 6.96. The van der Waals surface area contributed by atoms with Crippen molar-refractivity contribution in [2.75, 3.05) is 6.61 Å². The maximum Gasteiger partial charge on any atom is 0.339 e. The van der Waals surface area contributed by atoms with E-state index in [0.717, 1.165) is 41.3 Å². The molecule has 1 amide bonds. The summed E-state index contributed by atoms with van der Waals surface area (Å²) in [5.41, 5.74) is 2.81. The highest BCUT2D eigenvalue weighted by atomic mass is 35.5. The van der Waals surface area contributed by atoms with E-state index in [1.54, 1.807) is 24.5 Å². The molecule has 1 aliphatic carbocycles. The summed E-state index contributed by atoms with van der Waals surface area (Å²) < 4.78 is 10.9. The summed E-state index contributed by atoms with van der Waals surface area (Å²) in [6.07, 6.45) is 5.84. The number of pyridine rings is 1. The molecule has 0 fully saturated rings. The van der Waals surface area contributed by atoms with E-state index in [1.807, 2.05) is 12.1 Å². The third kappa shape index (κ3) is 3.66. The van der Waals surface area contributed by atoms with Crippen LogP contribution in [0.1, 0.15) is 23.1 Å². The van der Waals surface area contributed by atoms with E-state index >= 15 is 0 Å². The molecule has 0 radical (unpaired) electrons. The lowest BCUT2D eigenvalue weighted by Crippen LogP contribution is -2.28. The summed E-state index contributed by atoms with van der Waals surface area (Å²) in [6.45, 7) is 0.197. The highest BCUT2D eigenvalue weighted by Gasteiger charge is 2.21. The topological polar surface area (TPSA) is 81.4 Å². The summed E-state index contributed by atoms with van der Waals surface area (Å²) in [5.74, 6) is 0.0303. The summed E-state index contributed by atoms with van der Waals surface area (Å²) in [4.78, 5) is 28.0. The second-order valence-electron chi connectivity index (χ2n) is 6.40. The number of nitrogens with zero attached hydrogens (tertiary/aromatic N) is 1. The minimum absolute atomic E-state index is 0.189. The van der Waals surface area contributed by atoms with Crippen LogP contribution in [-0.2, 0) is 24.2 Å². The Labute approximate surface area is 160 Å². The highest BCUT2D eigenvalue weighted by Crippen LogP contribution is 2.34. The predicted octanol–water partition coefficient (Wildman–Crippen LogP) is 3.03. The Bertz CT molecular complexity index is 1060. The number of rotatable bonds is 5. The third-order valence-corrected chi connectivity index (χ3v) is 4.92. The Morgan fingerprint density at radius 2 is 2.00 bits per heavy atom. The van der Waals surface area contributed by atoms with Crippen LogP contribution < -0.4 is 15.7 Å². The van der Waals surface area contributed by atoms with Crippen molar-refractivity contribution < 1.29 is 13.9 Å². The van der Waals surface area contributed by atoms with Crippen molar-refractivity contribution in [3.63, 3.8) is 0 Å². The van der Waals surface area contributed by atoms with Crippen molar-refractivity contribution in [2.24, 2.45) is 0 Å². The van der Waals surface area contributed by atoms with Crippen LogP contribution in [0.4, 0.5) is 0 Å². The number of carbonyl (C=O) groups is 1. The maximum atomic E-state index is 12.1. The van der Waals surface area contributed by atoms with Gasteiger partial charge in [-0.25, -0.2) is 4.79 Å². The number of hydrogen-bond donors (Lipinski definition) is 1. The van der Waals surface area contributed by atoms with Gasteiger partial charge >= 0.3 is 5.63 Å². The van der Waals surface area contributed by atoms with Crippen LogP contribution in [0, 0.1) is 0 Å². The summed E-state index contributed by atoms with van der Waals surface area (Å²) in [5, 5.41) is 3.98. The minimum Gasteiger partial charge on any atom is -0.482 e. The van der Waals surface area contributed by atoms with Crippen LogP contribution in [0.2, 0.25) is 5.02 Å². The van der Waals surface area contributed by atoms with Crippen LogP contribution in [0.5, 0.6) is 5.75 Å². The van der Waals surface area contributed by atoms with Crippen molar-refractivity contribution in [3.05, 3.63) is 68.8 Å². The first kappa shape index (κ1) is 17.5. The minimum atomic E-state index is -0.307. The van der Waals surface area contributed by atoms with E-state index in [9.17, 15) is 9.59 Å². The molecule has 7 heteroatoms. The molecule has 3 aromatic rings. The Balaban J connectivity index is 1.47. The van der Waals surface area contributed by atoms with Crippen LogP contribution in [-0.4, -0.2) is 17.5 Å². The molecule has 0 aliphatic heterocycles. The van der Waals surface area contributed by atoms with Gasteiger partial charge in [-0.3, -0.25) is 9.78 Å². The van der Waals surface area contributed by atoms with Crippen molar-refractivity contribution in [3.8, 4) is 5.75 Å². The molecule has 1 N–H and O–H groups in total. The zero-order chi connectivity index (χ0) is 18.8. The monoisotopic (exact) mass is 384 g/mol. The van der Waals surface area contributed by atoms with Gasteiger partial charge in [-0.2, -0.15) is 0 Å². The molecule has 2 heterocycles. The number of hydrogen-bond acceptors (Lipinski definition) is 5. The van der Waals surface area contributed by atoms with Gasteiger partial charge in [-0.15, -0.1) is 0 Å². The molecule has 27 heavy (non-hydrogen) atoms. The molecule has 2 aromatic heterocycles. The molecule has 0 spiro atoms. The fourth-order valence-corrected chi connectivity index (χ4v) is 3.51. The van der Waals surface area contributed by atoms with E-state index in [0.29, 0.717) is 22.9 Å². The van der Waals surface area contributed by atoms with Gasteiger partial charge in [0.05, 0.1) is 5.02 Å². The normalized spacial score (nSPS) is 12.8. The second-order valence-corrected chi connectivity index (χ2v) is 6.81. The van der Waals surface area contributed by atoms with Gasteiger partial charge in [0.2, 0.25) is 0 Å². The average Bonchev–Trinajstić information content (AvgIpc) is 3.17. The van der Waals surface area contributed by atoms with Gasteiger partial charge in [0.25, 0.3) is 5.91 Å². The standard InChI is InChI=1S/C20H17ClN2O4/c21-16-8-15-13-2-1-3-14(13)20(25)27-17(15)9-18(16)26-11-19(24)23-10-12-4-6-22-7-5-12/h4-9H,1-3,10-11H2,(H,23,24). The molecule has 6 nitrogen and oxygen atoms in total. The van der Waals surface area contributed by atoms with Gasteiger partial charge in [-0.05, 0) is 48.6 Å². The lowest BCUT2D eigenvalue weighted by Gasteiger charge is -2.11. The van der Waals surface area contributed by atoms with E-state index < -0.39 is 0 Å². The number of benzene rings is 1. The number of aryl methyl sites for hydroxylation is 1. The summed E-state index contributed by atoms with van der Waals surface area (Å²) >= 11 is 6.32. The summed E-state index contributed by atoms with van der Waals surface area (Å²) in [7, 11) is 0. The third-order valence-electron chi connectivity index (χ3n) is 4.62. The Kier molecular flexibility index (Phi) is 4.81. The van der Waals surface area contributed by atoms with Crippen molar-refractivity contribution in [1.82, 2.24) is 10.3 Å². The number of aromatic nitrogens is 1. The Morgan fingerprint density at radius 1 is 1.22 bits per heavy atom. The number of ether oxygens (including phenoxy) is 1. The van der Waals surface area contributed by atoms with E-state index in [2.05, 4.69) is 10.3 Å². The Hall–Kier alpha value is -2.86. The lowest BCUT2D eigenvalue weighted by molar-refractivity contribution is -0.123. The number of nitrogens with one attached hydrogen (secondary N) is 1. The number of amides is 1. The molecule has 0 saturated heterocycles. The zero-order valence-corrected chi connectivity index (χ0v) is 15.2. The zero-order valence-electron chi connectivity index (χ0n) is 14.5. The molecule has 1 aliphatic rings. The average molecular weight is 385 g/mol. The molecular weight excluding hydrogens is 368 g/mol. The Morgan fingerprint density at radius 3 is 2.81 bits per heavy atom. The quantitative estimate of drug-likeness (QED) is 0.684. The molecule has 0 atom stereocenters. The van der Waals surface area contributed by atoms with Gasteiger partial charge in [0.1, 0.15) is 11.3 Å². The lowest BCUT2D eigenvalue weighted by atomic mass is 10.1. The number of fused-ring (bicyclic) bond motifs is 3. The number of halogens is 1. The first-order valence-electron chi connectivity index (χ1n) is 8.68. The van der Waals surface area contributed by atoms with Gasteiger partial charge < -0.3 is 14.5 Å². The van der Waals surface area contributed by atoms with Crippen molar-refractivity contribution in [2.45, 2.75) is 25.8 Å². The van der Waals surface area contributed by atoms with E-state index in [4.69, 9.17) is 20.8 Å². The number of carbonyl (C=O) groups excluding carboxylic acids is 1. The highest BCUT2D eigenvalue weighted by molar-refractivity contribution is 6.32. The maximum absolute atomic E-state index is 12.1. The van der Waals surface area contributed by atoms with Gasteiger partial charge in [-0.1, -0.05) is 11.6 Å². The largest absolute Gasteiger partial charge is 0.482 e. The fourth-order valence-electron chi connectivity index (χ4n) is 3.29. The van der Waals surface area contributed by atoms with Crippen LogP contribution in [0.3, 0.4) is 0 Å². The predicted molar refractivity (Wildman–Crippen MR) is 101 cm³/mol. The van der Waals surface area contributed by atoms with Crippen LogP contribution in [0.25, 0.3) is 11.0 Å². The smallest absolute Gasteiger partial charge is 0.339 e. The van der Waals surface area contributed by atoms with Crippen LogP contribution >= 0.6 is 11.6 Å². The van der Waals surface area contributed by atoms with Crippen molar-refractivity contribution in [1.29, 1.82) is 0 Å². The van der Waals surface area contributed by atoms with Crippen LogP contribution in [0.15, 0.2) is 45.9 Å². The molecule has 0 bridgehead atoms. The molecular formula is C20H17ClN2O4. The fraction of sp³-hybridized carbons (Fsp3) is 0.250. The molecule has 0 saturated carbocycles. The first-order valence-corrected chi connectivity index (χ1v) is 9.06. The first-order chi connectivity index (χ1) is 13.1. The van der Waals surface area contributed by atoms with E-state index in [-0.39, 0.29) is 18.1 Å². The van der Waals surface area contributed by atoms with E-state index in [1.165, 1.54) is 0 Å². The molecule has 1 aromatic carbocycles. The second kappa shape index (κ2) is 7.40.